The van der Waals surface area contributed by atoms with Crippen molar-refractivity contribution in [2.24, 2.45) is 0 Å². The number of likely N-dealkylation sites (tertiary alicyclic amines) is 1. The quantitative estimate of drug-likeness (QED) is 0.742. The molecular formula is C23H21N3O3. The van der Waals surface area contributed by atoms with E-state index in [0.29, 0.717) is 37.3 Å². The Bertz CT molecular complexity index is 997. The van der Waals surface area contributed by atoms with Crippen LogP contribution in [-0.4, -0.2) is 44.9 Å². The van der Waals surface area contributed by atoms with Crippen LogP contribution in [0.25, 0.3) is 11.4 Å². The molecule has 0 aliphatic carbocycles. The molecule has 0 atom stereocenters. The topological polar surface area (TPSA) is 83.4 Å². The zero-order valence-corrected chi connectivity index (χ0v) is 15.9. The maximum Gasteiger partial charge on any atom is 0.314 e. The highest BCUT2D eigenvalue weighted by Gasteiger charge is 2.43. The van der Waals surface area contributed by atoms with Crippen LogP contribution in [0, 0.1) is 0 Å². The normalized spacial score (nSPS) is 15.7. The molecule has 0 bridgehead atoms. The first kappa shape index (κ1) is 18.8. The van der Waals surface area contributed by atoms with Gasteiger partial charge in [-0.2, -0.15) is 0 Å². The van der Waals surface area contributed by atoms with Crippen LogP contribution in [0.2, 0.25) is 0 Å². The van der Waals surface area contributed by atoms with E-state index in [1.165, 1.54) is 12.4 Å². The summed E-state index contributed by atoms with van der Waals surface area (Å²) < 4.78 is 0. The lowest BCUT2D eigenvalue weighted by Crippen LogP contribution is -2.49. The molecule has 0 spiro atoms. The Morgan fingerprint density at radius 1 is 0.862 bits per heavy atom. The third kappa shape index (κ3) is 3.61. The van der Waals surface area contributed by atoms with E-state index in [4.69, 9.17) is 0 Å². The van der Waals surface area contributed by atoms with Gasteiger partial charge >= 0.3 is 5.97 Å². The van der Waals surface area contributed by atoms with E-state index < -0.39 is 11.4 Å². The van der Waals surface area contributed by atoms with Crippen molar-refractivity contribution in [3.05, 3.63) is 84.2 Å². The molecule has 6 nitrogen and oxygen atoms in total. The molecule has 4 rings (SSSR count). The standard InChI is InChI=1S/C23H21N3O3/c27-21(18-15-24-20(25-16-18)17-7-3-1-4-8-17)26-13-11-23(12-14-26,22(28)29)19-9-5-2-6-10-19/h1-10,15-16H,11-14H2,(H,28,29). The molecule has 1 amide bonds. The van der Waals surface area contributed by atoms with Gasteiger partial charge in [-0.3, -0.25) is 9.59 Å². The van der Waals surface area contributed by atoms with Gasteiger partial charge in [-0.05, 0) is 18.4 Å². The summed E-state index contributed by atoms with van der Waals surface area (Å²) in [6.45, 7) is 0.751. The fraction of sp³-hybridized carbons (Fsp3) is 0.217. The molecule has 0 unspecified atom stereocenters. The molecule has 2 aromatic carbocycles. The average molecular weight is 387 g/mol. The monoisotopic (exact) mass is 387 g/mol. The third-order valence-corrected chi connectivity index (χ3v) is 5.57. The van der Waals surface area contributed by atoms with Crippen molar-refractivity contribution in [2.75, 3.05) is 13.1 Å². The fourth-order valence-electron chi connectivity index (χ4n) is 3.83. The first-order valence-corrected chi connectivity index (χ1v) is 9.56. The maximum atomic E-state index is 12.9. The van der Waals surface area contributed by atoms with Crippen LogP contribution in [0.4, 0.5) is 0 Å². The number of carboxylic acids is 1. The Hall–Kier alpha value is -3.54. The minimum absolute atomic E-state index is 0.170. The Morgan fingerprint density at radius 3 is 1.97 bits per heavy atom. The van der Waals surface area contributed by atoms with Gasteiger partial charge in [0.05, 0.1) is 11.0 Å². The van der Waals surface area contributed by atoms with Crippen molar-refractivity contribution in [3.8, 4) is 11.4 Å². The van der Waals surface area contributed by atoms with Crippen LogP contribution in [-0.2, 0) is 10.2 Å². The second-order valence-corrected chi connectivity index (χ2v) is 7.21. The third-order valence-electron chi connectivity index (χ3n) is 5.57. The predicted molar refractivity (Wildman–Crippen MR) is 108 cm³/mol. The number of rotatable bonds is 4. The summed E-state index contributed by atoms with van der Waals surface area (Å²) in [6, 6.07) is 18.8. The zero-order valence-electron chi connectivity index (χ0n) is 15.9. The second-order valence-electron chi connectivity index (χ2n) is 7.21. The van der Waals surface area contributed by atoms with Crippen molar-refractivity contribution in [3.63, 3.8) is 0 Å². The minimum atomic E-state index is -0.953. The van der Waals surface area contributed by atoms with Crippen LogP contribution in [0.1, 0.15) is 28.8 Å². The van der Waals surface area contributed by atoms with E-state index >= 15 is 0 Å². The molecule has 0 saturated carbocycles. The van der Waals surface area contributed by atoms with E-state index in [1.807, 2.05) is 60.7 Å². The highest BCUT2D eigenvalue weighted by molar-refractivity contribution is 5.94. The number of hydrogen-bond donors (Lipinski definition) is 1. The van der Waals surface area contributed by atoms with Crippen LogP contribution in [0.3, 0.4) is 0 Å². The van der Waals surface area contributed by atoms with Gasteiger partial charge in [0.15, 0.2) is 5.82 Å². The van der Waals surface area contributed by atoms with E-state index in [-0.39, 0.29) is 5.91 Å². The molecule has 29 heavy (non-hydrogen) atoms. The molecule has 1 N–H and O–H groups in total. The Labute approximate surface area is 168 Å². The lowest BCUT2D eigenvalue weighted by Gasteiger charge is -2.39. The number of aliphatic carboxylic acids is 1. The smallest absolute Gasteiger partial charge is 0.314 e. The van der Waals surface area contributed by atoms with Gasteiger partial charge in [0.1, 0.15) is 0 Å². The van der Waals surface area contributed by atoms with Crippen molar-refractivity contribution in [2.45, 2.75) is 18.3 Å². The summed E-state index contributed by atoms with van der Waals surface area (Å²) in [4.78, 5) is 35.3. The van der Waals surface area contributed by atoms with Crippen LogP contribution in [0.5, 0.6) is 0 Å². The largest absolute Gasteiger partial charge is 0.481 e. The molecule has 146 valence electrons. The number of piperidine rings is 1. The molecule has 0 radical (unpaired) electrons. The van der Waals surface area contributed by atoms with Gasteiger partial charge in [-0.25, -0.2) is 9.97 Å². The number of carbonyl (C=O) groups is 2. The summed E-state index contributed by atoms with van der Waals surface area (Å²) in [7, 11) is 0. The summed E-state index contributed by atoms with van der Waals surface area (Å²) in [6.07, 6.45) is 3.82. The highest BCUT2D eigenvalue weighted by Crippen LogP contribution is 2.36. The lowest BCUT2D eigenvalue weighted by molar-refractivity contribution is -0.145. The average Bonchev–Trinajstić information content (AvgIpc) is 2.80. The number of carboxylic acid groups (broad SMARTS) is 1. The summed E-state index contributed by atoms with van der Waals surface area (Å²) in [5.41, 5.74) is 1.13. The summed E-state index contributed by atoms with van der Waals surface area (Å²) in [5, 5.41) is 9.90. The Morgan fingerprint density at radius 2 is 1.41 bits per heavy atom. The first-order chi connectivity index (χ1) is 14.1. The van der Waals surface area contributed by atoms with E-state index in [9.17, 15) is 14.7 Å². The van der Waals surface area contributed by atoms with Crippen molar-refractivity contribution in [1.82, 2.24) is 14.9 Å². The fourth-order valence-corrected chi connectivity index (χ4v) is 3.83. The molecule has 3 aromatic rings. The zero-order chi connectivity index (χ0) is 20.3. The number of benzene rings is 2. The minimum Gasteiger partial charge on any atom is -0.481 e. The van der Waals surface area contributed by atoms with Gasteiger partial charge in [0.2, 0.25) is 0 Å². The number of nitrogens with zero attached hydrogens (tertiary/aromatic N) is 3. The number of aromatic nitrogens is 2. The molecule has 2 heterocycles. The van der Waals surface area contributed by atoms with Gasteiger partial charge in [-0.15, -0.1) is 0 Å². The van der Waals surface area contributed by atoms with Gasteiger partial charge in [-0.1, -0.05) is 60.7 Å². The van der Waals surface area contributed by atoms with Gasteiger partial charge in [0, 0.05) is 31.0 Å². The van der Waals surface area contributed by atoms with Crippen molar-refractivity contribution >= 4 is 11.9 Å². The highest BCUT2D eigenvalue weighted by atomic mass is 16.4. The number of hydrogen-bond acceptors (Lipinski definition) is 4. The van der Waals surface area contributed by atoms with Crippen LogP contribution >= 0.6 is 0 Å². The molecule has 1 aromatic heterocycles. The Balaban J connectivity index is 1.48. The lowest BCUT2D eigenvalue weighted by atomic mass is 9.73. The van der Waals surface area contributed by atoms with Crippen LogP contribution in [0.15, 0.2) is 73.1 Å². The SMILES string of the molecule is O=C(c1cnc(-c2ccccc2)nc1)N1CCC(C(=O)O)(c2ccccc2)CC1. The van der Waals surface area contributed by atoms with Gasteiger partial charge < -0.3 is 10.0 Å². The van der Waals surface area contributed by atoms with Crippen molar-refractivity contribution in [1.29, 1.82) is 0 Å². The molecule has 1 aliphatic heterocycles. The van der Waals surface area contributed by atoms with E-state index in [1.54, 1.807) is 4.90 Å². The first-order valence-electron chi connectivity index (χ1n) is 9.56. The molecular weight excluding hydrogens is 366 g/mol. The van der Waals surface area contributed by atoms with E-state index in [2.05, 4.69) is 9.97 Å². The van der Waals surface area contributed by atoms with Gasteiger partial charge in [0.25, 0.3) is 5.91 Å². The summed E-state index contributed by atoms with van der Waals surface area (Å²) >= 11 is 0. The molecule has 1 fully saturated rings. The molecule has 6 heteroatoms. The van der Waals surface area contributed by atoms with E-state index in [0.717, 1.165) is 11.1 Å². The maximum absolute atomic E-state index is 12.9. The second kappa shape index (κ2) is 7.83. The number of carbonyl (C=O) groups excluding carboxylic acids is 1. The predicted octanol–water partition coefficient (Wildman–Crippen LogP) is 3.40. The van der Waals surface area contributed by atoms with Crippen molar-refractivity contribution < 1.29 is 14.7 Å². The Kier molecular flexibility index (Phi) is 5.08. The molecule has 1 aliphatic rings. The number of amides is 1. The molecule has 1 saturated heterocycles. The summed E-state index contributed by atoms with van der Waals surface area (Å²) in [5.74, 6) is -0.447. The van der Waals surface area contributed by atoms with Crippen LogP contribution < -0.4 is 0 Å².